The molecule has 0 aliphatic rings. The monoisotopic (exact) mass is 437 g/mol. The van der Waals surface area contributed by atoms with Crippen LogP contribution in [0.3, 0.4) is 0 Å². The molecule has 1 aromatic heterocycles. The number of halogens is 1. The lowest BCUT2D eigenvalue weighted by molar-refractivity contribution is 0.0734. The van der Waals surface area contributed by atoms with Gasteiger partial charge in [-0.3, -0.25) is 9.78 Å². The average molecular weight is 438 g/mol. The summed E-state index contributed by atoms with van der Waals surface area (Å²) in [6, 6.07) is 15.5. The molecule has 0 radical (unpaired) electrons. The Morgan fingerprint density at radius 2 is 1.89 bits per heavy atom. The molecule has 28 heavy (non-hydrogen) atoms. The maximum atomic E-state index is 12.4. The zero-order valence-electron chi connectivity index (χ0n) is 14.9. The van der Waals surface area contributed by atoms with Crippen LogP contribution in [-0.4, -0.2) is 23.1 Å². The minimum absolute atomic E-state index is 0.327. The van der Waals surface area contributed by atoms with Gasteiger partial charge in [0, 0.05) is 22.4 Å². The fourth-order valence-corrected chi connectivity index (χ4v) is 2.66. The van der Waals surface area contributed by atoms with Gasteiger partial charge in [-0.05, 0) is 49.4 Å². The van der Waals surface area contributed by atoms with Crippen LogP contribution < -0.4 is 10.2 Å². The quantitative estimate of drug-likeness (QED) is 0.281. The molecule has 7 heteroatoms. The first kappa shape index (κ1) is 19.4. The number of esters is 1. The summed E-state index contributed by atoms with van der Waals surface area (Å²) < 4.78 is 6.28. The largest absolute Gasteiger partial charge is 0.422 e. The number of ether oxygens (including phenoxy) is 1. The van der Waals surface area contributed by atoms with Crippen molar-refractivity contribution in [1.29, 1.82) is 0 Å². The van der Waals surface area contributed by atoms with Crippen LogP contribution in [0.4, 0.5) is 0 Å². The third-order valence-electron chi connectivity index (χ3n) is 3.76. The van der Waals surface area contributed by atoms with E-state index in [0.29, 0.717) is 22.4 Å². The van der Waals surface area contributed by atoms with Crippen LogP contribution in [0.2, 0.25) is 0 Å². The van der Waals surface area contributed by atoms with Crippen molar-refractivity contribution in [3.05, 3.63) is 93.7 Å². The number of amides is 1. The predicted octanol–water partition coefficient (Wildman–Crippen LogP) is 4.14. The van der Waals surface area contributed by atoms with Crippen LogP contribution in [0.15, 0.2) is 76.6 Å². The first-order valence-electron chi connectivity index (χ1n) is 8.35. The van der Waals surface area contributed by atoms with Gasteiger partial charge in [0.25, 0.3) is 5.91 Å². The van der Waals surface area contributed by atoms with Crippen molar-refractivity contribution in [2.45, 2.75) is 6.92 Å². The van der Waals surface area contributed by atoms with Crippen LogP contribution >= 0.6 is 15.9 Å². The Kier molecular flexibility index (Phi) is 6.29. The highest BCUT2D eigenvalue weighted by atomic mass is 79.9. The Morgan fingerprint density at radius 3 is 2.61 bits per heavy atom. The molecule has 0 fully saturated rings. The number of hydrogen-bond acceptors (Lipinski definition) is 5. The van der Waals surface area contributed by atoms with E-state index < -0.39 is 11.9 Å². The topological polar surface area (TPSA) is 80.6 Å². The SMILES string of the molecule is Cc1ccc(C(=O)Oc2ccc(Br)cc2/C=N/NC(=O)c2cccnc2)cc1. The number of carbonyl (C=O) groups excluding carboxylic acids is 2. The smallest absolute Gasteiger partial charge is 0.343 e. The standard InChI is InChI=1S/C21H16BrN3O3/c1-14-4-6-15(7-5-14)21(27)28-19-9-8-18(22)11-17(19)13-24-25-20(26)16-3-2-10-23-12-16/h2-13H,1H3,(H,25,26)/b24-13+. The van der Waals surface area contributed by atoms with Gasteiger partial charge in [-0.15, -0.1) is 0 Å². The van der Waals surface area contributed by atoms with Gasteiger partial charge in [0.15, 0.2) is 0 Å². The summed E-state index contributed by atoms with van der Waals surface area (Å²) in [5.74, 6) is -0.540. The number of hydrazone groups is 1. The van der Waals surface area contributed by atoms with Crippen molar-refractivity contribution in [2.75, 3.05) is 0 Å². The minimum Gasteiger partial charge on any atom is -0.422 e. The molecule has 0 bridgehead atoms. The van der Waals surface area contributed by atoms with E-state index >= 15 is 0 Å². The minimum atomic E-state index is -0.476. The summed E-state index contributed by atoms with van der Waals surface area (Å²) in [6.07, 6.45) is 4.44. The van der Waals surface area contributed by atoms with Crippen molar-refractivity contribution in [2.24, 2.45) is 5.10 Å². The molecule has 0 unspecified atom stereocenters. The zero-order valence-corrected chi connectivity index (χ0v) is 16.5. The van der Waals surface area contributed by atoms with Crippen LogP contribution in [-0.2, 0) is 0 Å². The lowest BCUT2D eigenvalue weighted by Crippen LogP contribution is -2.17. The number of aromatic nitrogens is 1. The van der Waals surface area contributed by atoms with Crippen molar-refractivity contribution in [3.63, 3.8) is 0 Å². The molecule has 1 amide bonds. The number of pyridine rings is 1. The van der Waals surface area contributed by atoms with E-state index in [9.17, 15) is 9.59 Å². The van der Waals surface area contributed by atoms with E-state index in [-0.39, 0.29) is 0 Å². The average Bonchev–Trinajstić information content (AvgIpc) is 2.71. The van der Waals surface area contributed by atoms with E-state index in [2.05, 4.69) is 31.4 Å². The number of carbonyl (C=O) groups is 2. The van der Waals surface area contributed by atoms with Gasteiger partial charge in [-0.2, -0.15) is 5.10 Å². The Hall–Kier alpha value is -3.32. The van der Waals surface area contributed by atoms with E-state index in [1.54, 1.807) is 48.7 Å². The molecule has 0 aliphatic carbocycles. The predicted molar refractivity (Wildman–Crippen MR) is 110 cm³/mol. The number of nitrogens with zero attached hydrogens (tertiary/aromatic N) is 2. The maximum Gasteiger partial charge on any atom is 0.343 e. The van der Waals surface area contributed by atoms with Crippen LogP contribution in [0, 0.1) is 6.92 Å². The Balaban J connectivity index is 1.74. The van der Waals surface area contributed by atoms with Gasteiger partial charge < -0.3 is 4.74 Å². The zero-order chi connectivity index (χ0) is 19.9. The lowest BCUT2D eigenvalue weighted by Gasteiger charge is -2.08. The normalized spacial score (nSPS) is 10.6. The molecular weight excluding hydrogens is 422 g/mol. The van der Waals surface area contributed by atoms with Crippen LogP contribution in [0.5, 0.6) is 5.75 Å². The summed E-state index contributed by atoms with van der Waals surface area (Å²) in [5.41, 5.74) is 4.84. The van der Waals surface area contributed by atoms with E-state index in [1.165, 1.54) is 12.4 Å². The highest BCUT2D eigenvalue weighted by Gasteiger charge is 2.11. The number of aryl methyl sites for hydroxylation is 1. The summed E-state index contributed by atoms with van der Waals surface area (Å²) in [6.45, 7) is 1.94. The molecule has 1 N–H and O–H groups in total. The number of benzene rings is 2. The molecule has 140 valence electrons. The molecule has 6 nitrogen and oxygen atoms in total. The molecule has 0 aliphatic heterocycles. The highest BCUT2D eigenvalue weighted by molar-refractivity contribution is 9.10. The highest BCUT2D eigenvalue weighted by Crippen LogP contribution is 2.23. The molecule has 0 saturated carbocycles. The second-order valence-corrected chi connectivity index (χ2v) is 6.79. The molecule has 0 atom stereocenters. The van der Waals surface area contributed by atoms with Gasteiger partial charge in [-0.1, -0.05) is 33.6 Å². The molecule has 3 aromatic rings. The van der Waals surface area contributed by atoms with Gasteiger partial charge in [-0.25, -0.2) is 10.2 Å². The number of rotatable bonds is 5. The van der Waals surface area contributed by atoms with Gasteiger partial charge in [0.1, 0.15) is 5.75 Å². The Morgan fingerprint density at radius 1 is 1.11 bits per heavy atom. The van der Waals surface area contributed by atoms with E-state index in [4.69, 9.17) is 4.74 Å². The fourth-order valence-electron chi connectivity index (χ4n) is 2.28. The van der Waals surface area contributed by atoms with Crippen molar-refractivity contribution in [1.82, 2.24) is 10.4 Å². The third kappa shape index (κ3) is 5.11. The van der Waals surface area contributed by atoms with Crippen molar-refractivity contribution < 1.29 is 14.3 Å². The van der Waals surface area contributed by atoms with Crippen molar-refractivity contribution >= 4 is 34.0 Å². The van der Waals surface area contributed by atoms with E-state index in [1.807, 2.05) is 19.1 Å². The fraction of sp³-hybridized carbons (Fsp3) is 0.0476. The number of nitrogens with one attached hydrogen (secondary N) is 1. The summed E-state index contributed by atoms with van der Waals surface area (Å²) >= 11 is 3.38. The maximum absolute atomic E-state index is 12.4. The van der Waals surface area contributed by atoms with Crippen LogP contribution in [0.1, 0.15) is 31.8 Å². The third-order valence-corrected chi connectivity index (χ3v) is 4.25. The molecule has 2 aromatic carbocycles. The second kappa shape index (κ2) is 9.05. The van der Waals surface area contributed by atoms with Gasteiger partial charge >= 0.3 is 5.97 Å². The molecule has 0 saturated heterocycles. The first-order chi connectivity index (χ1) is 13.5. The first-order valence-corrected chi connectivity index (χ1v) is 9.14. The molecule has 0 spiro atoms. The Bertz CT molecular complexity index is 1020. The molecular formula is C21H16BrN3O3. The van der Waals surface area contributed by atoms with Crippen molar-refractivity contribution in [3.8, 4) is 5.75 Å². The van der Waals surface area contributed by atoms with E-state index in [0.717, 1.165) is 10.0 Å². The Labute approximate surface area is 170 Å². The lowest BCUT2D eigenvalue weighted by atomic mass is 10.1. The molecule has 3 rings (SSSR count). The summed E-state index contributed by atoms with van der Waals surface area (Å²) in [7, 11) is 0. The summed E-state index contributed by atoms with van der Waals surface area (Å²) in [5, 5.41) is 3.95. The van der Waals surface area contributed by atoms with Crippen LogP contribution in [0.25, 0.3) is 0 Å². The second-order valence-electron chi connectivity index (χ2n) is 5.88. The van der Waals surface area contributed by atoms with Gasteiger partial charge in [0.2, 0.25) is 0 Å². The summed E-state index contributed by atoms with van der Waals surface area (Å²) in [4.78, 5) is 28.3. The van der Waals surface area contributed by atoms with Gasteiger partial charge in [0.05, 0.1) is 17.3 Å². The molecule has 1 heterocycles. The number of hydrogen-bond donors (Lipinski definition) is 1.